The van der Waals surface area contributed by atoms with E-state index in [1.165, 1.54) is 16.7 Å². The minimum absolute atomic E-state index is 0. The summed E-state index contributed by atoms with van der Waals surface area (Å²) in [5.74, 6) is 0. The summed E-state index contributed by atoms with van der Waals surface area (Å²) in [5, 5.41) is 0. The fourth-order valence-corrected chi connectivity index (χ4v) is 1.77. The van der Waals surface area contributed by atoms with E-state index < -0.39 is 0 Å². The Morgan fingerprint density at radius 3 is 3.00 bits per heavy atom. The van der Waals surface area contributed by atoms with E-state index in [-0.39, 0.29) is 29.1 Å². The average molecular weight is 250 g/mol. The Labute approximate surface area is 102 Å². The Hall–Kier alpha value is -0.157. The molecule has 0 aromatic heterocycles. The predicted octanol–water partition coefficient (Wildman–Crippen LogP) is 3.56. The van der Waals surface area contributed by atoms with Gasteiger partial charge in [0.1, 0.15) is 0 Å². The largest absolute Gasteiger partial charge is 3.00 e. The van der Waals surface area contributed by atoms with Crippen LogP contribution in [-0.2, 0) is 26.2 Å². The summed E-state index contributed by atoms with van der Waals surface area (Å²) >= 11 is 0. The molecule has 0 fully saturated rings. The Balaban J connectivity index is 0. The van der Waals surface area contributed by atoms with Gasteiger partial charge >= 0.3 is 26.2 Å². The van der Waals surface area contributed by atoms with Gasteiger partial charge < -0.3 is 2.85 Å². The zero-order valence-corrected chi connectivity index (χ0v) is 10.4. The zero-order valence-electron chi connectivity index (χ0n) is 9.93. The van der Waals surface area contributed by atoms with Crippen LogP contribution in [-0.4, -0.2) is 0 Å². The molecular formula is C12H15Zr. The first-order valence-electron chi connectivity index (χ1n) is 4.58. The van der Waals surface area contributed by atoms with E-state index >= 15 is 0 Å². The topological polar surface area (TPSA) is 0 Å². The minimum Gasteiger partial charge on any atom is -1.00 e. The monoisotopic (exact) mass is 249 g/mol. The molecule has 13 heavy (non-hydrogen) atoms. The third-order valence-corrected chi connectivity index (χ3v) is 2.42. The van der Waals surface area contributed by atoms with Crippen LogP contribution in [0.5, 0.6) is 0 Å². The molecule has 0 saturated heterocycles. The second kappa shape index (κ2) is 4.91. The molecule has 0 unspecified atom stereocenters. The zero-order chi connectivity index (χ0) is 8.39. The molecule has 0 aromatic carbocycles. The van der Waals surface area contributed by atoms with Crippen LogP contribution in [0.1, 0.15) is 29.0 Å². The van der Waals surface area contributed by atoms with E-state index in [9.17, 15) is 0 Å². The average Bonchev–Trinajstić information content (AvgIpc) is 2.74. The van der Waals surface area contributed by atoms with Gasteiger partial charge in [-0.2, -0.15) is 17.2 Å². The molecule has 0 aliphatic heterocycles. The van der Waals surface area contributed by atoms with Crippen molar-refractivity contribution in [3.8, 4) is 0 Å². The molecule has 1 radical (unpaired) electrons. The Morgan fingerprint density at radius 1 is 1.54 bits per heavy atom. The molecule has 0 saturated carbocycles. The first kappa shape index (κ1) is 10.9. The predicted molar refractivity (Wildman–Crippen MR) is 53.8 cm³/mol. The van der Waals surface area contributed by atoms with Gasteiger partial charge in [0.15, 0.2) is 0 Å². The molecule has 67 valence electrons. The van der Waals surface area contributed by atoms with Gasteiger partial charge in [-0.1, -0.05) is 38.3 Å². The van der Waals surface area contributed by atoms with Crippen molar-refractivity contribution in [3.05, 3.63) is 47.1 Å². The van der Waals surface area contributed by atoms with Crippen LogP contribution in [0.15, 0.2) is 41.0 Å². The summed E-state index contributed by atoms with van der Waals surface area (Å²) < 4.78 is 0. The van der Waals surface area contributed by atoms with E-state index in [0.717, 1.165) is 19.3 Å². The fraction of sp³-hybridized carbons (Fsp3) is 0.333. The SMILES string of the molecule is CCC1=CC[C-]=C1C1=CC=CC1.[H-].[H-].[Zr+3]. The summed E-state index contributed by atoms with van der Waals surface area (Å²) in [5.41, 5.74) is 4.30. The van der Waals surface area contributed by atoms with Crippen molar-refractivity contribution in [2.24, 2.45) is 0 Å². The standard InChI is InChI=1S/C12H13.Zr.2H/c1-2-10-8-5-9-12(10)11-6-3-4-7-11;;;/h3-4,6,8H,2,5,7H2,1H3;;;/q-1;+3;2*-1. The molecule has 2 aliphatic carbocycles. The first-order valence-corrected chi connectivity index (χ1v) is 4.58. The molecule has 2 rings (SSSR count). The van der Waals surface area contributed by atoms with Crippen LogP contribution in [0.4, 0.5) is 0 Å². The summed E-state index contributed by atoms with van der Waals surface area (Å²) in [6.45, 7) is 2.21. The van der Waals surface area contributed by atoms with E-state index in [0.29, 0.717) is 0 Å². The normalized spacial score (nSPS) is 19.3. The van der Waals surface area contributed by atoms with Gasteiger partial charge in [0, 0.05) is 0 Å². The molecule has 0 aromatic rings. The van der Waals surface area contributed by atoms with Crippen molar-refractivity contribution in [1.29, 1.82) is 0 Å². The smallest absolute Gasteiger partial charge is 1.00 e. The minimum atomic E-state index is 0. The van der Waals surface area contributed by atoms with E-state index in [4.69, 9.17) is 0 Å². The molecule has 2 aliphatic rings. The van der Waals surface area contributed by atoms with Crippen LogP contribution >= 0.6 is 0 Å². The van der Waals surface area contributed by atoms with Gasteiger partial charge in [0.2, 0.25) is 0 Å². The summed E-state index contributed by atoms with van der Waals surface area (Å²) in [6.07, 6.45) is 15.5. The van der Waals surface area contributed by atoms with E-state index in [1.54, 1.807) is 0 Å². The van der Waals surface area contributed by atoms with Gasteiger partial charge in [0.05, 0.1) is 0 Å². The first-order chi connectivity index (χ1) is 5.92. The van der Waals surface area contributed by atoms with E-state index in [1.807, 2.05) is 0 Å². The molecule has 1 heteroatoms. The third-order valence-electron chi connectivity index (χ3n) is 2.42. The van der Waals surface area contributed by atoms with Gasteiger partial charge in [-0.05, 0) is 0 Å². The number of hydrogen-bond donors (Lipinski definition) is 0. The fourth-order valence-electron chi connectivity index (χ4n) is 1.77. The van der Waals surface area contributed by atoms with Crippen molar-refractivity contribution in [1.82, 2.24) is 0 Å². The van der Waals surface area contributed by atoms with Crippen molar-refractivity contribution in [2.75, 3.05) is 0 Å². The second-order valence-corrected chi connectivity index (χ2v) is 3.16. The van der Waals surface area contributed by atoms with Crippen LogP contribution in [0.2, 0.25) is 0 Å². The maximum absolute atomic E-state index is 3.42. The van der Waals surface area contributed by atoms with Crippen LogP contribution in [0, 0.1) is 6.08 Å². The molecule has 0 spiro atoms. The van der Waals surface area contributed by atoms with Crippen LogP contribution in [0.3, 0.4) is 0 Å². The summed E-state index contributed by atoms with van der Waals surface area (Å²) in [7, 11) is 0. The van der Waals surface area contributed by atoms with Crippen molar-refractivity contribution < 1.29 is 29.1 Å². The van der Waals surface area contributed by atoms with Crippen LogP contribution < -0.4 is 0 Å². The molecule has 0 bridgehead atoms. The van der Waals surface area contributed by atoms with E-state index in [2.05, 4.69) is 37.3 Å². The van der Waals surface area contributed by atoms with Gasteiger partial charge in [0.25, 0.3) is 0 Å². The third kappa shape index (κ3) is 2.20. The maximum Gasteiger partial charge on any atom is 3.00 e. The van der Waals surface area contributed by atoms with Crippen molar-refractivity contribution in [2.45, 2.75) is 26.2 Å². The summed E-state index contributed by atoms with van der Waals surface area (Å²) in [4.78, 5) is 0. The molecule has 0 atom stereocenters. The molecule has 0 N–H and O–H groups in total. The Morgan fingerprint density at radius 2 is 2.38 bits per heavy atom. The van der Waals surface area contributed by atoms with Crippen molar-refractivity contribution >= 4 is 0 Å². The van der Waals surface area contributed by atoms with Gasteiger partial charge in [-0.15, -0.1) is 17.7 Å². The maximum atomic E-state index is 3.42. The summed E-state index contributed by atoms with van der Waals surface area (Å²) in [6, 6.07) is 0. The molecular weight excluding hydrogens is 235 g/mol. The quantitative estimate of drug-likeness (QED) is 0.657. The molecule has 0 nitrogen and oxygen atoms in total. The Bertz CT molecular complexity index is 312. The molecule has 0 heterocycles. The second-order valence-electron chi connectivity index (χ2n) is 3.16. The number of rotatable bonds is 2. The van der Waals surface area contributed by atoms with Crippen LogP contribution in [0.25, 0.3) is 0 Å². The number of hydrogen-bond acceptors (Lipinski definition) is 0. The Kier molecular flexibility index (Phi) is 4.12. The molecule has 0 amide bonds. The van der Waals surface area contributed by atoms with Gasteiger partial charge in [-0.25, -0.2) is 0 Å². The number of allylic oxidation sites excluding steroid dienone is 8. The van der Waals surface area contributed by atoms with Crippen molar-refractivity contribution in [3.63, 3.8) is 0 Å². The van der Waals surface area contributed by atoms with Gasteiger partial charge in [-0.3, -0.25) is 0 Å².